The lowest BCUT2D eigenvalue weighted by atomic mass is 9.86. The van der Waals surface area contributed by atoms with E-state index in [2.05, 4.69) is 63.5 Å². The Balaban J connectivity index is 1.78. The Morgan fingerprint density at radius 3 is 2.24 bits per heavy atom. The lowest BCUT2D eigenvalue weighted by molar-refractivity contribution is 0.0732. The lowest BCUT2D eigenvalue weighted by Crippen LogP contribution is -2.37. The van der Waals surface area contributed by atoms with Gasteiger partial charge in [0.15, 0.2) is 0 Å². The molecule has 3 rings (SSSR count). The predicted molar refractivity (Wildman–Crippen MR) is 101 cm³/mol. The number of benzene rings is 1. The van der Waals surface area contributed by atoms with Crippen molar-refractivity contribution in [2.45, 2.75) is 65.5 Å². The molecule has 134 valence electrons. The van der Waals surface area contributed by atoms with E-state index in [9.17, 15) is 4.79 Å². The number of aromatic nitrogens is 2. The zero-order valence-electron chi connectivity index (χ0n) is 16.3. The molecule has 2 heterocycles. The molecule has 0 atom stereocenters. The maximum absolute atomic E-state index is 12.9. The highest BCUT2D eigenvalue weighted by Gasteiger charge is 2.28. The fraction of sp³-hybridized carbons (Fsp3) is 0.524. The number of nitrogens with zero attached hydrogens (tertiary/aromatic N) is 3. The Hall–Kier alpha value is -2.10. The first-order valence-corrected chi connectivity index (χ1v) is 9.03. The number of carbonyl (C=O) groups is 1. The van der Waals surface area contributed by atoms with Crippen LogP contribution in [0.3, 0.4) is 0 Å². The first-order chi connectivity index (χ1) is 11.6. The van der Waals surface area contributed by atoms with E-state index < -0.39 is 0 Å². The molecule has 0 spiro atoms. The molecule has 1 aromatic carbocycles. The topological polar surface area (TPSA) is 38.1 Å². The summed E-state index contributed by atoms with van der Waals surface area (Å²) in [7, 11) is 0. The average molecular weight is 339 g/mol. The van der Waals surface area contributed by atoms with E-state index in [1.807, 2.05) is 23.2 Å². The summed E-state index contributed by atoms with van der Waals surface area (Å²) in [5.41, 5.74) is 4.52. The number of carbonyl (C=O) groups excluding carboxylic acids is 1. The second kappa shape index (κ2) is 6.01. The SMILES string of the molecule is CC(C)(C)c1ccc(C(=O)N2CCc3c(cnn3C(C)(C)C)C2)cc1. The van der Waals surface area contributed by atoms with Crippen LogP contribution in [0, 0.1) is 0 Å². The zero-order chi connectivity index (χ0) is 18.4. The van der Waals surface area contributed by atoms with Crippen LogP contribution in [0.1, 0.15) is 68.7 Å². The van der Waals surface area contributed by atoms with Gasteiger partial charge < -0.3 is 4.90 Å². The van der Waals surface area contributed by atoms with E-state index in [-0.39, 0.29) is 16.9 Å². The molecule has 0 radical (unpaired) electrons. The van der Waals surface area contributed by atoms with Gasteiger partial charge in [0, 0.05) is 36.3 Å². The van der Waals surface area contributed by atoms with Crippen LogP contribution in [0.2, 0.25) is 0 Å². The van der Waals surface area contributed by atoms with Crippen molar-refractivity contribution < 1.29 is 4.79 Å². The van der Waals surface area contributed by atoms with Crippen molar-refractivity contribution in [3.8, 4) is 0 Å². The monoisotopic (exact) mass is 339 g/mol. The summed E-state index contributed by atoms with van der Waals surface area (Å²) < 4.78 is 2.10. The summed E-state index contributed by atoms with van der Waals surface area (Å²) in [6, 6.07) is 8.05. The Labute approximate surface area is 150 Å². The molecule has 0 N–H and O–H groups in total. The number of hydrogen-bond donors (Lipinski definition) is 0. The second-order valence-corrected chi connectivity index (χ2v) is 9.00. The van der Waals surface area contributed by atoms with Crippen LogP contribution in [-0.4, -0.2) is 27.1 Å². The van der Waals surface area contributed by atoms with Gasteiger partial charge in [-0.25, -0.2) is 0 Å². The molecule has 1 aliphatic rings. The van der Waals surface area contributed by atoms with Crippen LogP contribution in [0.15, 0.2) is 30.5 Å². The van der Waals surface area contributed by atoms with Gasteiger partial charge in [0.25, 0.3) is 5.91 Å². The van der Waals surface area contributed by atoms with Crippen molar-refractivity contribution in [2.75, 3.05) is 6.54 Å². The van der Waals surface area contributed by atoms with E-state index in [4.69, 9.17) is 0 Å². The molecular formula is C21H29N3O. The molecule has 1 amide bonds. The maximum Gasteiger partial charge on any atom is 0.254 e. The molecule has 4 nitrogen and oxygen atoms in total. The third-order valence-corrected chi connectivity index (χ3v) is 4.86. The highest BCUT2D eigenvalue weighted by atomic mass is 16.2. The van der Waals surface area contributed by atoms with Crippen molar-refractivity contribution in [2.24, 2.45) is 0 Å². The van der Waals surface area contributed by atoms with E-state index in [0.717, 1.165) is 18.5 Å². The number of hydrogen-bond acceptors (Lipinski definition) is 2. The van der Waals surface area contributed by atoms with E-state index >= 15 is 0 Å². The summed E-state index contributed by atoms with van der Waals surface area (Å²) in [4.78, 5) is 14.8. The highest BCUT2D eigenvalue weighted by molar-refractivity contribution is 5.94. The van der Waals surface area contributed by atoms with E-state index in [1.54, 1.807) is 0 Å². The van der Waals surface area contributed by atoms with E-state index in [0.29, 0.717) is 6.54 Å². The normalized spacial score (nSPS) is 15.2. The Kier molecular flexibility index (Phi) is 4.26. The molecule has 0 fully saturated rings. The Morgan fingerprint density at radius 1 is 1.04 bits per heavy atom. The molecule has 0 bridgehead atoms. The van der Waals surface area contributed by atoms with Crippen LogP contribution in [0.25, 0.3) is 0 Å². The minimum absolute atomic E-state index is 0.0252. The quantitative estimate of drug-likeness (QED) is 0.783. The number of fused-ring (bicyclic) bond motifs is 1. The van der Waals surface area contributed by atoms with Crippen LogP contribution in [-0.2, 0) is 23.9 Å². The second-order valence-electron chi connectivity index (χ2n) is 9.00. The van der Waals surface area contributed by atoms with Crippen LogP contribution in [0.4, 0.5) is 0 Å². The number of amides is 1. The highest BCUT2D eigenvalue weighted by Crippen LogP contribution is 2.26. The van der Waals surface area contributed by atoms with Crippen molar-refractivity contribution in [1.82, 2.24) is 14.7 Å². The standard InChI is InChI=1S/C21H29N3O/c1-20(2,3)17-9-7-15(8-10-17)19(25)23-12-11-18-16(14-23)13-22-24(18)21(4,5)6/h7-10,13H,11-12,14H2,1-6H3. The van der Waals surface area contributed by atoms with Gasteiger partial charge in [0.05, 0.1) is 11.7 Å². The zero-order valence-corrected chi connectivity index (χ0v) is 16.3. The van der Waals surface area contributed by atoms with Gasteiger partial charge in [0.1, 0.15) is 0 Å². The molecule has 0 saturated carbocycles. The van der Waals surface area contributed by atoms with Gasteiger partial charge in [-0.1, -0.05) is 32.9 Å². The molecule has 2 aromatic rings. The van der Waals surface area contributed by atoms with Gasteiger partial charge >= 0.3 is 0 Å². The van der Waals surface area contributed by atoms with Crippen molar-refractivity contribution in [3.05, 3.63) is 52.8 Å². The molecule has 1 aliphatic heterocycles. The third-order valence-electron chi connectivity index (χ3n) is 4.86. The summed E-state index contributed by atoms with van der Waals surface area (Å²) in [5.74, 6) is 0.106. The number of rotatable bonds is 1. The smallest absolute Gasteiger partial charge is 0.254 e. The fourth-order valence-electron chi connectivity index (χ4n) is 3.38. The summed E-state index contributed by atoms with van der Waals surface area (Å²) in [6.45, 7) is 14.4. The molecule has 0 saturated heterocycles. The van der Waals surface area contributed by atoms with Crippen LogP contribution in [0.5, 0.6) is 0 Å². The summed E-state index contributed by atoms with van der Waals surface area (Å²) in [6.07, 6.45) is 2.78. The van der Waals surface area contributed by atoms with Crippen molar-refractivity contribution in [3.63, 3.8) is 0 Å². The summed E-state index contributed by atoms with van der Waals surface area (Å²) >= 11 is 0. The maximum atomic E-state index is 12.9. The summed E-state index contributed by atoms with van der Waals surface area (Å²) in [5, 5.41) is 4.55. The largest absolute Gasteiger partial charge is 0.334 e. The lowest BCUT2D eigenvalue weighted by Gasteiger charge is -2.30. The molecule has 0 unspecified atom stereocenters. The molecular weight excluding hydrogens is 310 g/mol. The minimum Gasteiger partial charge on any atom is -0.334 e. The van der Waals surface area contributed by atoms with Gasteiger partial charge in [-0.3, -0.25) is 9.48 Å². The first-order valence-electron chi connectivity index (χ1n) is 9.03. The first kappa shape index (κ1) is 17.7. The fourth-order valence-corrected chi connectivity index (χ4v) is 3.38. The van der Waals surface area contributed by atoms with Crippen LogP contribution >= 0.6 is 0 Å². The average Bonchev–Trinajstić information content (AvgIpc) is 2.96. The predicted octanol–water partition coefficient (Wildman–Crippen LogP) is 4.13. The van der Waals surface area contributed by atoms with Gasteiger partial charge in [-0.2, -0.15) is 5.10 Å². The molecule has 0 aliphatic carbocycles. The Bertz CT molecular complexity index is 773. The van der Waals surface area contributed by atoms with E-state index in [1.165, 1.54) is 16.8 Å². The molecule has 4 heteroatoms. The third kappa shape index (κ3) is 3.48. The van der Waals surface area contributed by atoms with Crippen molar-refractivity contribution >= 4 is 5.91 Å². The van der Waals surface area contributed by atoms with Gasteiger partial charge in [-0.15, -0.1) is 0 Å². The Morgan fingerprint density at radius 2 is 1.68 bits per heavy atom. The van der Waals surface area contributed by atoms with Crippen molar-refractivity contribution in [1.29, 1.82) is 0 Å². The van der Waals surface area contributed by atoms with Crippen LogP contribution < -0.4 is 0 Å². The van der Waals surface area contributed by atoms with Gasteiger partial charge in [0.2, 0.25) is 0 Å². The molecule has 1 aromatic heterocycles. The minimum atomic E-state index is -0.0252. The molecule has 25 heavy (non-hydrogen) atoms. The van der Waals surface area contributed by atoms with Gasteiger partial charge in [-0.05, 0) is 43.9 Å².